The highest BCUT2D eigenvalue weighted by atomic mass is 32.2. The summed E-state index contributed by atoms with van der Waals surface area (Å²) in [6.07, 6.45) is 1.73. The summed E-state index contributed by atoms with van der Waals surface area (Å²) in [6.45, 7) is 1.66. The molecule has 0 aliphatic heterocycles. The zero-order valence-corrected chi connectivity index (χ0v) is 9.07. The third-order valence-electron chi connectivity index (χ3n) is 1.90. The van der Waals surface area contributed by atoms with Crippen molar-refractivity contribution in [2.75, 3.05) is 13.4 Å². The first-order chi connectivity index (χ1) is 6.61. The van der Waals surface area contributed by atoms with Crippen molar-refractivity contribution in [1.29, 1.82) is 0 Å². The fourth-order valence-corrected chi connectivity index (χ4v) is 1.84. The second-order valence-electron chi connectivity index (χ2n) is 2.77. The Kier molecular flexibility index (Phi) is 3.52. The summed E-state index contributed by atoms with van der Waals surface area (Å²) in [5.41, 5.74) is 0.810. The second-order valence-corrected chi connectivity index (χ2v) is 3.59. The Bertz CT molecular complexity index is 363. The van der Waals surface area contributed by atoms with Crippen molar-refractivity contribution < 1.29 is 13.9 Å². The van der Waals surface area contributed by atoms with Gasteiger partial charge in [-0.3, -0.25) is 0 Å². The van der Waals surface area contributed by atoms with E-state index in [1.807, 2.05) is 0 Å². The van der Waals surface area contributed by atoms with Crippen molar-refractivity contribution in [1.82, 2.24) is 0 Å². The minimum absolute atomic E-state index is 0.281. The molecule has 0 unspecified atom stereocenters. The van der Waals surface area contributed by atoms with Crippen LogP contribution in [0, 0.1) is 12.7 Å². The van der Waals surface area contributed by atoms with Gasteiger partial charge in [-0.1, -0.05) is 6.07 Å². The molecule has 0 saturated carbocycles. The summed E-state index contributed by atoms with van der Waals surface area (Å²) in [5.74, 6) is -0.853. The van der Waals surface area contributed by atoms with Crippen LogP contribution in [-0.2, 0) is 4.74 Å². The molecule has 0 aliphatic carbocycles. The molecule has 1 rings (SSSR count). The van der Waals surface area contributed by atoms with Crippen LogP contribution in [0.15, 0.2) is 17.0 Å². The number of esters is 1. The lowest BCUT2D eigenvalue weighted by Gasteiger charge is -2.08. The molecule has 0 amide bonds. The zero-order chi connectivity index (χ0) is 10.7. The SMILES string of the molecule is COC(=O)c1ccc(C)c(F)c1SC. The van der Waals surface area contributed by atoms with Gasteiger partial charge in [-0.2, -0.15) is 0 Å². The van der Waals surface area contributed by atoms with Crippen LogP contribution in [0.3, 0.4) is 0 Å². The first-order valence-corrected chi connectivity index (χ1v) is 5.25. The first kappa shape index (κ1) is 11.0. The highest BCUT2D eigenvalue weighted by Gasteiger charge is 2.16. The highest BCUT2D eigenvalue weighted by molar-refractivity contribution is 7.98. The normalized spacial score (nSPS) is 10.0. The number of halogens is 1. The summed E-state index contributed by atoms with van der Waals surface area (Å²) >= 11 is 1.20. The van der Waals surface area contributed by atoms with Crippen LogP contribution in [0.5, 0.6) is 0 Å². The van der Waals surface area contributed by atoms with Crippen LogP contribution in [0.25, 0.3) is 0 Å². The van der Waals surface area contributed by atoms with Gasteiger partial charge in [0.1, 0.15) is 5.82 Å². The molecule has 0 spiro atoms. The quantitative estimate of drug-likeness (QED) is 0.559. The predicted molar refractivity (Wildman–Crippen MR) is 54.3 cm³/mol. The van der Waals surface area contributed by atoms with E-state index < -0.39 is 5.97 Å². The van der Waals surface area contributed by atoms with E-state index in [0.717, 1.165) is 0 Å². The fraction of sp³-hybridized carbons (Fsp3) is 0.300. The Labute approximate surface area is 86.5 Å². The number of hydrogen-bond acceptors (Lipinski definition) is 3. The summed E-state index contributed by atoms with van der Waals surface area (Å²) in [5, 5.41) is 0. The molecule has 0 saturated heterocycles. The number of aryl methyl sites for hydroxylation is 1. The Morgan fingerprint density at radius 2 is 2.14 bits per heavy atom. The van der Waals surface area contributed by atoms with Gasteiger partial charge in [0.25, 0.3) is 0 Å². The largest absolute Gasteiger partial charge is 0.465 e. The molecule has 0 heterocycles. The van der Waals surface area contributed by atoms with Crippen molar-refractivity contribution in [3.8, 4) is 0 Å². The number of thioether (sulfide) groups is 1. The molecule has 14 heavy (non-hydrogen) atoms. The summed E-state index contributed by atoms with van der Waals surface area (Å²) in [4.78, 5) is 11.6. The molecule has 0 fully saturated rings. The van der Waals surface area contributed by atoms with Crippen LogP contribution in [-0.4, -0.2) is 19.3 Å². The molecule has 76 valence electrons. The molecule has 1 aromatic carbocycles. The molecule has 1 aromatic rings. The van der Waals surface area contributed by atoms with Crippen molar-refractivity contribution >= 4 is 17.7 Å². The van der Waals surface area contributed by atoms with Gasteiger partial charge in [0.2, 0.25) is 0 Å². The van der Waals surface area contributed by atoms with E-state index >= 15 is 0 Å². The lowest BCUT2D eigenvalue weighted by Crippen LogP contribution is -2.05. The van der Waals surface area contributed by atoms with Crippen LogP contribution < -0.4 is 0 Å². The molecule has 0 N–H and O–H groups in total. The number of benzene rings is 1. The van der Waals surface area contributed by atoms with Gasteiger partial charge in [0, 0.05) is 0 Å². The van der Waals surface area contributed by atoms with E-state index in [0.29, 0.717) is 10.5 Å². The molecule has 4 heteroatoms. The number of methoxy groups -OCH3 is 1. The molecule has 0 bridgehead atoms. The first-order valence-electron chi connectivity index (χ1n) is 4.03. The lowest BCUT2D eigenvalue weighted by molar-refractivity contribution is 0.0596. The van der Waals surface area contributed by atoms with E-state index in [1.54, 1.807) is 25.3 Å². The van der Waals surface area contributed by atoms with Gasteiger partial charge in [0.05, 0.1) is 17.6 Å². The number of rotatable bonds is 2. The maximum Gasteiger partial charge on any atom is 0.339 e. The average molecular weight is 214 g/mol. The molecule has 0 aliphatic rings. The van der Waals surface area contributed by atoms with Gasteiger partial charge < -0.3 is 4.74 Å². The van der Waals surface area contributed by atoms with Crippen molar-refractivity contribution in [2.24, 2.45) is 0 Å². The minimum Gasteiger partial charge on any atom is -0.465 e. The van der Waals surface area contributed by atoms with Crippen LogP contribution >= 0.6 is 11.8 Å². The summed E-state index contributed by atoms with van der Waals surface area (Å²) < 4.78 is 18.1. The molecule has 2 nitrogen and oxygen atoms in total. The van der Waals surface area contributed by atoms with Crippen molar-refractivity contribution in [3.63, 3.8) is 0 Å². The Balaban J connectivity index is 3.31. The van der Waals surface area contributed by atoms with Crippen LogP contribution in [0.1, 0.15) is 15.9 Å². The molecular weight excluding hydrogens is 203 g/mol. The molecule has 0 atom stereocenters. The van der Waals surface area contributed by atoms with Gasteiger partial charge in [-0.15, -0.1) is 11.8 Å². The average Bonchev–Trinajstić information content (AvgIpc) is 2.20. The number of carbonyl (C=O) groups excluding carboxylic acids is 1. The van der Waals surface area contributed by atoms with E-state index in [1.165, 1.54) is 18.9 Å². The van der Waals surface area contributed by atoms with Crippen molar-refractivity contribution in [3.05, 3.63) is 29.1 Å². The minimum atomic E-state index is -0.506. The topological polar surface area (TPSA) is 26.3 Å². The maximum absolute atomic E-state index is 13.5. The van der Waals surface area contributed by atoms with Gasteiger partial charge in [-0.25, -0.2) is 9.18 Å². The van der Waals surface area contributed by atoms with Gasteiger partial charge in [0.15, 0.2) is 0 Å². The molecule has 0 radical (unpaired) electrons. The number of ether oxygens (including phenoxy) is 1. The highest BCUT2D eigenvalue weighted by Crippen LogP contribution is 2.26. The van der Waals surface area contributed by atoms with Crippen molar-refractivity contribution in [2.45, 2.75) is 11.8 Å². The monoisotopic (exact) mass is 214 g/mol. The fourth-order valence-electron chi connectivity index (χ4n) is 1.12. The Morgan fingerprint density at radius 1 is 1.50 bits per heavy atom. The predicted octanol–water partition coefficient (Wildman–Crippen LogP) is 2.64. The zero-order valence-electron chi connectivity index (χ0n) is 8.26. The maximum atomic E-state index is 13.5. The summed E-state index contributed by atoms with van der Waals surface area (Å²) in [7, 11) is 1.28. The van der Waals surface area contributed by atoms with E-state index in [-0.39, 0.29) is 11.4 Å². The van der Waals surface area contributed by atoms with E-state index in [4.69, 9.17) is 0 Å². The van der Waals surface area contributed by atoms with Crippen LogP contribution in [0.2, 0.25) is 0 Å². The number of hydrogen-bond donors (Lipinski definition) is 0. The number of carbonyl (C=O) groups is 1. The third-order valence-corrected chi connectivity index (χ3v) is 2.71. The second kappa shape index (κ2) is 4.46. The summed E-state index contributed by atoms with van der Waals surface area (Å²) in [6, 6.07) is 3.15. The van der Waals surface area contributed by atoms with Crippen LogP contribution in [0.4, 0.5) is 4.39 Å². The smallest absolute Gasteiger partial charge is 0.339 e. The van der Waals surface area contributed by atoms with Gasteiger partial charge in [-0.05, 0) is 24.8 Å². The molecular formula is C10H11FO2S. The molecule has 0 aromatic heterocycles. The Hall–Kier alpha value is -1.03. The standard InChI is InChI=1S/C10H11FO2S/c1-6-4-5-7(10(12)13-2)9(14-3)8(6)11/h4-5H,1-3H3. The van der Waals surface area contributed by atoms with E-state index in [9.17, 15) is 9.18 Å². The Morgan fingerprint density at radius 3 is 2.64 bits per heavy atom. The van der Waals surface area contributed by atoms with E-state index in [2.05, 4.69) is 4.74 Å². The lowest BCUT2D eigenvalue weighted by atomic mass is 10.1. The third kappa shape index (κ3) is 1.90. The van der Waals surface area contributed by atoms with Gasteiger partial charge >= 0.3 is 5.97 Å².